The Morgan fingerprint density at radius 1 is 0.964 bits per heavy atom. The molecule has 0 bridgehead atoms. The number of hydrogen-bond acceptors (Lipinski definition) is 5. The number of aromatic nitrogens is 1. The zero-order valence-corrected chi connectivity index (χ0v) is 16.4. The average molecular weight is 384 g/mol. The Morgan fingerprint density at radius 2 is 1.68 bits per heavy atom. The fraction of sp³-hybridized carbons (Fsp3) is 0.286. The molecule has 0 aliphatic heterocycles. The predicted octanol–water partition coefficient (Wildman–Crippen LogP) is 3.17. The first-order valence-corrected chi connectivity index (χ1v) is 8.84. The summed E-state index contributed by atoms with van der Waals surface area (Å²) in [6, 6.07) is 9.53. The molecular weight excluding hydrogens is 360 g/mol. The van der Waals surface area contributed by atoms with Gasteiger partial charge in [-0.2, -0.15) is 0 Å². The number of para-hydroxylation sites is 1. The molecule has 0 saturated carbocycles. The second kappa shape index (κ2) is 8.56. The summed E-state index contributed by atoms with van der Waals surface area (Å²) >= 11 is 0. The predicted molar refractivity (Wildman–Crippen MR) is 107 cm³/mol. The van der Waals surface area contributed by atoms with E-state index in [1.165, 1.54) is 14.2 Å². The van der Waals surface area contributed by atoms with Crippen LogP contribution in [0.2, 0.25) is 0 Å². The van der Waals surface area contributed by atoms with Gasteiger partial charge in [0.1, 0.15) is 5.75 Å². The number of fused-ring (bicyclic) bond motifs is 1. The van der Waals surface area contributed by atoms with Crippen molar-refractivity contribution in [2.45, 2.75) is 6.42 Å². The number of hydrogen-bond donors (Lipinski definition) is 2. The zero-order chi connectivity index (χ0) is 20.1. The number of ether oxygens (including phenoxy) is 4. The van der Waals surface area contributed by atoms with E-state index in [0.29, 0.717) is 41.2 Å². The number of carbonyl (C=O) groups excluding carboxylic acids is 1. The molecule has 2 aromatic carbocycles. The van der Waals surface area contributed by atoms with Gasteiger partial charge < -0.3 is 29.2 Å². The molecule has 1 amide bonds. The Morgan fingerprint density at radius 3 is 2.36 bits per heavy atom. The van der Waals surface area contributed by atoms with Gasteiger partial charge in [0, 0.05) is 18.8 Å². The van der Waals surface area contributed by atoms with Crippen molar-refractivity contribution in [2.24, 2.45) is 0 Å². The quantitative estimate of drug-likeness (QED) is 0.623. The van der Waals surface area contributed by atoms with Gasteiger partial charge in [-0.3, -0.25) is 4.79 Å². The van der Waals surface area contributed by atoms with Crippen molar-refractivity contribution in [3.63, 3.8) is 0 Å². The van der Waals surface area contributed by atoms with Crippen molar-refractivity contribution >= 4 is 16.8 Å². The summed E-state index contributed by atoms with van der Waals surface area (Å²) < 4.78 is 21.7. The van der Waals surface area contributed by atoms with E-state index < -0.39 is 0 Å². The third kappa shape index (κ3) is 3.55. The lowest BCUT2D eigenvalue weighted by Gasteiger charge is -2.14. The van der Waals surface area contributed by atoms with E-state index in [0.717, 1.165) is 16.8 Å². The van der Waals surface area contributed by atoms with Crippen LogP contribution >= 0.6 is 0 Å². The minimum atomic E-state index is -0.202. The summed E-state index contributed by atoms with van der Waals surface area (Å²) in [6.07, 6.45) is 2.32. The average Bonchev–Trinajstić information content (AvgIpc) is 3.16. The van der Waals surface area contributed by atoms with E-state index in [9.17, 15) is 4.79 Å². The van der Waals surface area contributed by atoms with Crippen molar-refractivity contribution in [2.75, 3.05) is 35.0 Å². The Hall–Kier alpha value is -3.35. The molecule has 0 aliphatic rings. The highest BCUT2D eigenvalue weighted by Gasteiger charge is 2.22. The molecule has 28 heavy (non-hydrogen) atoms. The third-order valence-corrected chi connectivity index (χ3v) is 4.59. The molecule has 0 unspecified atom stereocenters. The molecule has 7 nitrogen and oxygen atoms in total. The lowest BCUT2D eigenvalue weighted by molar-refractivity contribution is 0.0955. The summed E-state index contributed by atoms with van der Waals surface area (Å²) in [5.74, 6) is 2.03. The molecule has 1 aromatic heterocycles. The number of amides is 1. The monoisotopic (exact) mass is 384 g/mol. The molecule has 0 spiro atoms. The van der Waals surface area contributed by atoms with E-state index in [4.69, 9.17) is 18.9 Å². The first-order valence-electron chi connectivity index (χ1n) is 8.84. The van der Waals surface area contributed by atoms with Crippen molar-refractivity contribution in [1.29, 1.82) is 0 Å². The van der Waals surface area contributed by atoms with Gasteiger partial charge in [0.05, 0.1) is 44.9 Å². The highest BCUT2D eigenvalue weighted by molar-refractivity contribution is 6.10. The van der Waals surface area contributed by atoms with Gasteiger partial charge in [-0.1, -0.05) is 18.2 Å². The SMILES string of the molecule is COc1ccccc1CCNC(=O)c1c[nH]c2cc(OC)c(OC)c(OC)c12. The molecule has 0 atom stereocenters. The summed E-state index contributed by atoms with van der Waals surface area (Å²) in [6.45, 7) is 0.474. The number of benzene rings is 2. The van der Waals surface area contributed by atoms with E-state index in [-0.39, 0.29) is 5.91 Å². The molecule has 148 valence electrons. The molecule has 0 radical (unpaired) electrons. The maximum Gasteiger partial charge on any atom is 0.253 e. The number of nitrogens with one attached hydrogen (secondary N) is 2. The van der Waals surface area contributed by atoms with E-state index in [2.05, 4.69) is 10.3 Å². The van der Waals surface area contributed by atoms with Crippen LogP contribution in [0.3, 0.4) is 0 Å². The Balaban J connectivity index is 1.84. The van der Waals surface area contributed by atoms with Crippen molar-refractivity contribution in [3.8, 4) is 23.0 Å². The smallest absolute Gasteiger partial charge is 0.253 e. The molecule has 0 saturated heterocycles. The van der Waals surface area contributed by atoms with Crippen LogP contribution in [0.1, 0.15) is 15.9 Å². The van der Waals surface area contributed by atoms with Crippen LogP contribution in [0.5, 0.6) is 23.0 Å². The van der Waals surface area contributed by atoms with Gasteiger partial charge in [-0.25, -0.2) is 0 Å². The minimum Gasteiger partial charge on any atom is -0.496 e. The normalized spacial score (nSPS) is 10.6. The van der Waals surface area contributed by atoms with Crippen LogP contribution in [0.15, 0.2) is 36.5 Å². The highest BCUT2D eigenvalue weighted by Crippen LogP contribution is 2.44. The van der Waals surface area contributed by atoms with Crippen LogP contribution < -0.4 is 24.3 Å². The largest absolute Gasteiger partial charge is 0.496 e. The summed E-state index contributed by atoms with van der Waals surface area (Å²) in [5.41, 5.74) is 2.24. The second-order valence-electron chi connectivity index (χ2n) is 6.09. The number of H-pyrrole nitrogens is 1. The maximum atomic E-state index is 12.8. The summed E-state index contributed by atoms with van der Waals surface area (Å²) in [4.78, 5) is 15.9. The third-order valence-electron chi connectivity index (χ3n) is 4.59. The molecule has 3 aromatic rings. The van der Waals surface area contributed by atoms with E-state index in [1.54, 1.807) is 26.5 Å². The van der Waals surface area contributed by atoms with Crippen molar-refractivity contribution < 1.29 is 23.7 Å². The van der Waals surface area contributed by atoms with Gasteiger partial charge in [-0.15, -0.1) is 0 Å². The second-order valence-corrected chi connectivity index (χ2v) is 6.09. The summed E-state index contributed by atoms with van der Waals surface area (Å²) in [7, 11) is 6.26. The lowest BCUT2D eigenvalue weighted by atomic mass is 10.1. The first-order chi connectivity index (χ1) is 13.6. The van der Waals surface area contributed by atoms with Crippen LogP contribution in [-0.2, 0) is 6.42 Å². The highest BCUT2D eigenvalue weighted by atomic mass is 16.5. The van der Waals surface area contributed by atoms with Crippen molar-refractivity contribution in [3.05, 3.63) is 47.7 Å². The molecule has 3 rings (SSSR count). The topological polar surface area (TPSA) is 81.8 Å². The minimum absolute atomic E-state index is 0.202. The lowest BCUT2D eigenvalue weighted by Crippen LogP contribution is -2.25. The fourth-order valence-electron chi connectivity index (χ4n) is 3.25. The molecular formula is C21H24N2O5. The Labute approximate surface area is 163 Å². The number of methoxy groups -OCH3 is 4. The first kappa shape index (κ1) is 19.4. The fourth-order valence-corrected chi connectivity index (χ4v) is 3.25. The van der Waals surface area contributed by atoms with Crippen molar-refractivity contribution in [1.82, 2.24) is 10.3 Å². The zero-order valence-electron chi connectivity index (χ0n) is 16.4. The van der Waals surface area contributed by atoms with E-state index >= 15 is 0 Å². The Kier molecular flexibility index (Phi) is 5.93. The number of aromatic amines is 1. The van der Waals surface area contributed by atoms with Crippen LogP contribution in [-0.4, -0.2) is 45.9 Å². The number of carbonyl (C=O) groups is 1. The van der Waals surface area contributed by atoms with E-state index in [1.807, 2.05) is 24.3 Å². The molecule has 0 aliphatic carbocycles. The van der Waals surface area contributed by atoms with Gasteiger partial charge in [0.15, 0.2) is 11.5 Å². The van der Waals surface area contributed by atoms with Gasteiger partial charge >= 0.3 is 0 Å². The molecule has 7 heteroatoms. The maximum absolute atomic E-state index is 12.8. The van der Waals surface area contributed by atoms with Crippen LogP contribution in [0, 0.1) is 0 Å². The van der Waals surface area contributed by atoms with Gasteiger partial charge in [0.25, 0.3) is 5.91 Å². The number of rotatable bonds is 8. The summed E-state index contributed by atoms with van der Waals surface area (Å²) in [5, 5.41) is 3.60. The molecule has 1 heterocycles. The van der Waals surface area contributed by atoms with Crippen LogP contribution in [0.25, 0.3) is 10.9 Å². The molecule has 0 fully saturated rings. The van der Waals surface area contributed by atoms with Gasteiger partial charge in [-0.05, 0) is 18.1 Å². The van der Waals surface area contributed by atoms with Crippen LogP contribution in [0.4, 0.5) is 0 Å². The molecule has 2 N–H and O–H groups in total. The standard InChI is InChI=1S/C21H24N2O5/c1-25-16-8-6-5-7-13(16)9-10-22-21(24)14-12-23-15-11-17(26-2)19(27-3)20(28-4)18(14)15/h5-8,11-12,23H,9-10H2,1-4H3,(H,22,24). The van der Waals surface area contributed by atoms with Gasteiger partial charge in [0.2, 0.25) is 5.75 Å². The Bertz CT molecular complexity index is 980.